The Morgan fingerprint density at radius 3 is 2.19 bits per heavy atom. The van der Waals surface area contributed by atoms with Gasteiger partial charge >= 0.3 is 0 Å². The SMILES string of the molecule is NCCCN1CCSCCOCCSCC1. The van der Waals surface area contributed by atoms with E-state index < -0.39 is 0 Å². The molecular weight excluding hydrogens is 240 g/mol. The summed E-state index contributed by atoms with van der Waals surface area (Å²) in [6, 6.07) is 0. The number of nitrogens with zero attached hydrogens (tertiary/aromatic N) is 1. The third kappa shape index (κ3) is 7.79. The molecule has 96 valence electrons. The highest BCUT2D eigenvalue weighted by Gasteiger charge is 2.05. The molecular formula is C11H24N2OS2. The van der Waals surface area contributed by atoms with E-state index in [-0.39, 0.29) is 0 Å². The van der Waals surface area contributed by atoms with E-state index in [0.717, 1.165) is 44.2 Å². The van der Waals surface area contributed by atoms with Gasteiger partial charge in [-0.25, -0.2) is 0 Å². The second-order valence-electron chi connectivity index (χ2n) is 3.82. The normalized spacial score (nSPS) is 22.3. The van der Waals surface area contributed by atoms with Crippen molar-refractivity contribution in [2.75, 3.05) is 62.4 Å². The van der Waals surface area contributed by atoms with Crippen molar-refractivity contribution in [2.24, 2.45) is 5.73 Å². The number of ether oxygens (including phenoxy) is 1. The number of thioether (sulfide) groups is 2. The van der Waals surface area contributed by atoms with Gasteiger partial charge in [0, 0.05) is 36.1 Å². The first kappa shape index (κ1) is 14.6. The fourth-order valence-corrected chi connectivity index (χ4v) is 3.23. The lowest BCUT2D eigenvalue weighted by Crippen LogP contribution is -2.31. The minimum absolute atomic E-state index is 0.810. The molecule has 0 aromatic rings. The van der Waals surface area contributed by atoms with Crippen LogP contribution in [0.2, 0.25) is 0 Å². The molecule has 0 bridgehead atoms. The van der Waals surface area contributed by atoms with Gasteiger partial charge in [-0.05, 0) is 19.5 Å². The maximum absolute atomic E-state index is 5.56. The van der Waals surface area contributed by atoms with Gasteiger partial charge in [-0.1, -0.05) is 0 Å². The number of hydrogen-bond donors (Lipinski definition) is 1. The second-order valence-corrected chi connectivity index (χ2v) is 6.27. The maximum Gasteiger partial charge on any atom is 0.0557 e. The molecule has 5 heteroatoms. The van der Waals surface area contributed by atoms with Crippen LogP contribution in [0.15, 0.2) is 0 Å². The Kier molecular flexibility index (Phi) is 9.81. The summed E-state index contributed by atoms with van der Waals surface area (Å²) in [4.78, 5) is 2.55. The largest absolute Gasteiger partial charge is 0.380 e. The van der Waals surface area contributed by atoms with Crippen molar-refractivity contribution in [1.29, 1.82) is 0 Å². The van der Waals surface area contributed by atoms with Crippen LogP contribution in [0, 0.1) is 0 Å². The lowest BCUT2D eigenvalue weighted by atomic mass is 10.4. The quantitative estimate of drug-likeness (QED) is 0.827. The van der Waals surface area contributed by atoms with E-state index in [4.69, 9.17) is 10.5 Å². The summed E-state index contributed by atoms with van der Waals surface area (Å²) in [6.07, 6.45) is 1.12. The molecule has 0 amide bonds. The first-order chi connectivity index (χ1) is 7.93. The molecule has 1 saturated heterocycles. The van der Waals surface area contributed by atoms with Crippen molar-refractivity contribution in [2.45, 2.75) is 6.42 Å². The lowest BCUT2D eigenvalue weighted by Gasteiger charge is -2.22. The van der Waals surface area contributed by atoms with Crippen LogP contribution in [-0.4, -0.2) is 67.3 Å². The van der Waals surface area contributed by atoms with Crippen LogP contribution < -0.4 is 5.73 Å². The fraction of sp³-hybridized carbons (Fsp3) is 1.00. The standard InChI is InChI=1S/C11H24N2OS2/c12-2-1-3-13-4-8-15-10-6-14-7-11-16-9-5-13/h1-12H2. The molecule has 0 radical (unpaired) electrons. The third-order valence-corrected chi connectivity index (χ3v) is 4.38. The number of hydrogen-bond acceptors (Lipinski definition) is 5. The molecule has 1 rings (SSSR count). The average molecular weight is 264 g/mol. The number of nitrogens with two attached hydrogens (primary N) is 1. The van der Waals surface area contributed by atoms with Gasteiger partial charge in [0.15, 0.2) is 0 Å². The van der Waals surface area contributed by atoms with Gasteiger partial charge in [-0.15, -0.1) is 0 Å². The Morgan fingerprint density at radius 2 is 1.62 bits per heavy atom. The second kappa shape index (κ2) is 10.7. The Balaban J connectivity index is 2.19. The van der Waals surface area contributed by atoms with Crippen molar-refractivity contribution in [3.63, 3.8) is 0 Å². The molecule has 0 atom stereocenters. The van der Waals surface area contributed by atoms with Crippen LogP contribution in [0.4, 0.5) is 0 Å². The Morgan fingerprint density at radius 1 is 1.00 bits per heavy atom. The number of rotatable bonds is 3. The minimum atomic E-state index is 0.810. The van der Waals surface area contributed by atoms with Crippen molar-refractivity contribution in [1.82, 2.24) is 4.90 Å². The predicted octanol–water partition coefficient (Wildman–Crippen LogP) is 1.13. The summed E-state index contributed by atoms with van der Waals surface area (Å²) in [6.45, 7) is 6.19. The Hall–Kier alpha value is 0.580. The van der Waals surface area contributed by atoms with Gasteiger partial charge < -0.3 is 15.4 Å². The van der Waals surface area contributed by atoms with E-state index in [2.05, 4.69) is 4.90 Å². The summed E-state index contributed by atoms with van der Waals surface area (Å²) in [5.41, 5.74) is 5.56. The molecule has 3 nitrogen and oxygen atoms in total. The minimum Gasteiger partial charge on any atom is -0.380 e. The molecule has 0 aromatic heterocycles. The van der Waals surface area contributed by atoms with Crippen LogP contribution in [0.25, 0.3) is 0 Å². The van der Waals surface area contributed by atoms with E-state index in [0.29, 0.717) is 0 Å². The Labute approximate surface area is 108 Å². The van der Waals surface area contributed by atoms with Gasteiger partial charge in [0.05, 0.1) is 13.2 Å². The van der Waals surface area contributed by atoms with E-state index in [9.17, 15) is 0 Å². The summed E-state index contributed by atoms with van der Waals surface area (Å²) < 4.78 is 5.53. The van der Waals surface area contributed by atoms with Gasteiger partial charge in [-0.3, -0.25) is 0 Å². The van der Waals surface area contributed by atoms with E-state index in [1.54, 1.807) is 0 Å². The Bertz CT molecular complexity index is 149. The molecule has 1 aliphatic heterocycles. The van der Waals surface area contributed by atoms with Crippen molar-refractivity contribution < 1.29 is 4.74 Å². The zero-order valence-corrected chi connectivity index (χ0v) is 11.7. The first-order valence-corrected chi connectivity index (χ1v) is 8.40. The molecule has 2 N–H and O–H groups in total. The molecule has 0 aliphatic carbocycles. The van der Waals surface area contributed by atoms with Crippen LogP contribution in [0.1, 0.15) is 6.42 Å². The fourth-order valence-electron chi connectivity index (χ4n) is 1.58. The topological polar surface area (TPSA) is 38.5 Å². The van der Waals surface area contributed by atoms with E-state index in [1.165, 1.54) is 24.6 Å². The van der Waals surface area contributed by atoms with Crippen LogP contribution in [0.5, 0.6) is 0 Å². The molecule has 1 heterocycles. The summed E-state index contributed by atoms with van der Waals surface area (Å²) in [7, 11) is 0. The highest BCUT2D eigenvalue weighted by molar-refractivity contribution is 7.99. The monoisotopic (exact) mass is 264 g/mol. The molecule has 0 unspecified atom stereocenters. The smallest absolute Gasteiger partial charge is 0.0557 e. The first-order valence-electron chi connectivity index (χ1n) is 6.09. The van der Waals surface area contributed by atoms with Gasteiger partial charge in [0.1, 0.15) is 0 Å². The van der Waals surface area contributed by atoms with Gasteiger partial charge in [-0.2, -0.15) is 23.5 Å². The van der Waals surface area contributed by atoms with Crippen LogP contribution >= 0.6 is 23.5 Å². The highest BCUT2D eigenvalue weighted by atomic mass is 32.2. The third-order valence-electron chi connectivity index (χ3n) is 2.53. The van der Waals surface area contributed by atoms with E-state index in [1.807, 2.05) is 23.5 Å². The predicted molar refractivity (Wildman–Crippen MR) is 75.6 cm³/mol. The zero-order chi connectivity index (χ0) is 11.5. The molecule has 16 heavy (non-hydrogen) atoms. The molecule has 1 fully saturated rings. The molecule has 0 spiro atoms. The molecule has 0 aromatic carbocycles. The van der Waals surface area contributed by atoms with Crippen molar-refractivity contribution in [3.05, 3.63) is 0 Å². The lowest BCUT2D eigenvalue weighted by molar-refractivity contribution is 0.167. The summed E-state index contributed by atoms with van der Waals surface area (Å²) >= 11 is 4.00. The van der Waals surface area contributed by atoms with Gasteiger partial charge in [0.25, 0.3) is 0 Å². The summed E-state index contributed by atoms with van der Waals surface area (Å²) in [5.74, 6) is 4.71. The zero-order valence-electron chi connectivity index (χ0n) is 10.0. The summed E-state index contributed by atoms with van der Waals surface area (Å²) in [5, 5.41) is 0. The average Bonchev–Trinajstić information content (AvgIpc) is 2.28. The van der Waals surface area contributed by atoms with Crippen LogP contribution in [0.3, 0.4) is 0 Å². The van der Waals surface area contributed by atoms with Crippen LogP contribution in [-0.2, 0) is 4.74 Å². The molecule has 0 saturated carbocycles. The highest BCUT2D eigenvalue weighted by Crippen LogP contribution is 2.07. The molecule has 1 aliphatic rings. The maximum atomic E-state index is 5.56. The van der Waals surface area contributed by atoms with E-state index >= 15 is 0 Å². The van der Waals surface area contributed by atoms with Crippen molar-refractivity contribution >= 4 is 23.5 Å². The van der Waals surface area contributed by atoms with Crippen molar-refractivity contribution in [3.8, 4) is 0 Å². The van der Waals surface area contributed by atoms with Gasteiger partial charge in [0.2, 0.25) is 0 Å².